The van der Waals surface area contributed by atoms with Crippen molar-refractivity contribution in [2.75, 3.05) is 13.1 Å². The van der Waals surface area contributed by atoms with Crippen molar-refractivity contribution in [2.45, 2.75) is 63.8 Å². The fourth-order valence-corrected chi connectivity index (χ4v) is 4.27. The predicted octanol–water partition coefficient (Wildman–Crippen LogP) is 2.42. The van der Waals surface area contributed by atoms with Gasteiger partial charge in [-0.1, -0.05) is 43.2 Å². The van der Waals surface area contributed by atoms with Gasteiger partial charge in [0.15, 0.2) is 0 Å². The predicted molar refractivity (Wildman–Crippen MR) is 108 cm³/mol. The van der Waals surface area contributed by atoms with Crippen molar-refractivity contribution in [3.63, 3.8) is 0 Å². The monoisotopic (exact) mass is 382 g/mol. The number of aliphatic hydroxyl groups is 1. The van der Waals surface area contributed by atoms with Crippen molar-refractivity contribution in [1.29, 1.82) is 0 Å². The van der Waals surface area contributed by atoms with Crippen molar-refractivity contribution in [3.05, 3.63) is 53.3 Å². The number of hydrogen-bond acceptors (Lipinski definition) is 4. The van der Waals surface area contributed by atoms with Gasteiger partial charge in [0, 0.05) is 38.5 Å². The lowest BCUT2D eigenvalue weighted by atomic mass is 10.1. The normalized spacial score (nSPS) is 18.8. The number of amides is 1. The molecule has 2 aromatic rings. The molecule has 2 heterocycles. The molecule has 2 N–H and O–H groups in total. The SMILES string of the molecule is O=C(CCN1CCn2nc([C@@H](O)Cc3ccccc3)cc2C1)NC1CCCC1. The zero-order valence-corrected chi connectivity index (χ0v) is 16.4. The number of aromatic nitrogens is 2. The molecule has 1 aliphatic carbocycles. The molecule has 1 atom stereocenters. The number of carbonyl (C=O) groups excluding carboxylic acids is 1. The average Bonchev–Trinajstić information content (AvgIpc) is 3.36. The van der Waals surface area contributed by atoms with Crippen LogP contribution in [-0.4, -0.2) is 44.8 Å². The Kier molecular flexibility index (Phi) is 6.07. The largest absolute Gasteiger partial charge is 0.386 e. The number of nitrogens with one attached hydrogen (secondary N) is 1. The first-order valence-corrected chi connectivity index (χ1v) is 10.5. The summed E-state index contributed by atoms with van der Waals surface area (Å²) in [7, 11) is 0. The zero-order valence-electron chi connectivity index (χ0n) is 16.4. The Morgan fingerprint density at radius 2 is 2.00 bits per heavy atom. The summed E-state index contributed by atoms with van der Waals surface area (Å²) in [5.74, 6) is 0.171. The number of hydrogen-bond donors (Lipinski definition) is 2. The highest BCUT2D eigenvalue weighted by molar-refractivity contribution is 5.76. The van der Waals surface area contributed by atoms with Gasteiger partial charge >= 0.3 is 0 Å². The lowest BCUT2D eigenvalue weighted by Gasteiger charge is -2.27. The summed E-state index contributed by atoms with van der Waals surface area (Å²) in [6.07, 6.45) is 5.26. The van der Waals surface area contributed by atoms with Crippen LogP contribution in [0.4, 0.5) is 0 Å². The van der Waals surface area contributed by atoms with Gasteiger partial charge in [-0.3, -0.25) is 14.4 Å². The highest BCUT2D eigenvalue weighted by atomic mass is 16.3. The van der Waals surface area contributed by atoms with Crippen LogP contribution in [0.5, 0.6) is 0 Å². The van der Waals surface area contributed by atoms with Crippen LogP contribution in [0.15, 0.2) is 36.4 Å². The van der Waals surface area contributed by atoms with Gasteiger partial charge in [0.2, 0.25) is 5.91 Å². The summed E-state index contributed by atoms with van der Waals surface area (Å²) in [5.41, 5.74) is 2.96. The summed E-state index contributed by atoms with van der Waals surface area (Å²) in [6.45, 7) is 3.24. The average molecular weight is 383 g/mol. The molecule has 0 spiro atoms. The maximum absolute atomic E-state index is 12.2. The minimum Gasteiger partial charge on any atom is -0.386 e. The molecule has 6 nitrogen and oxygen atoms in total. The maximum atomic E-state index is 12.2. The van der Waals surface area contributed by atoms with Gasteiger partial charge in [-0.05, 0) is 24.5 Å². The van der Waals surface area contributed by atoms with Gasteiger partial charge in [0.05, 0.1) is 17.9 Å². The van der Waals surface area contributed by atoms with E-state index < -0.39 is 6.10 Å². The van der Waals surface area contributed by atoms with Crippen molar-refractivity contribution < 1.29 is 9.90 Å². The van der Waals surface area contributed by atoms with Crippen LogP contribution in [0, 0.1) is 0 Å². The van der Waals surface area contributed by atoms with Gasteiger partial charge in [-0.25, -0.2) is 0 Å². The Labute approximate surface area is 166 Å². The van der Waals surface area contributed by atoms with E-state index in [0.717, 1.165) is 56.0 Å². The quantitative estimate of drug-likeness (QED) is 0.772. The molecule has 1 amide bonds. The molecule has 1 aliphatic heterocycles. The number of fused-ring (bicyclic) bond motifs is 1. The first kappa shape index (κ1) is 19.2. The van der Waals surface area contributed by atoms with E-state index in [9.17, 15) is 9.90 Å². The van der Waals surface area contributed by atoms with Crippen LogP contribution in [0.3, 0.4) is 0 Å². The maximum Gasteiger partial charge on any atom is 0.221 e. The van der Waals surface area contributed by atoms with Crippen LogP contribution in [0.25, 0.3) is 0 Å². The van der Waals surface area contributed by atoms with Crippen LogP contribution < -0.4 is 5.32 Å². The van der Waals surface area contributed by atoms with Crippen molar-refractivity contribution >= 4 is 5.91 Å². The number of rotatable bonds is 7. The van der Waals surface area contributed by atoms with E-state index in [2.05, 4.69) is 15.3 Å². The minimum atomic E-state index is -0.592. The van der Waals surface area contributed by atoms with E-state index in [4.69, 9.17) is 0 Å². The number of benzene rings is 1. The molecule has 1 aromatic heterocycles. The van der Waals surface area contributed by atoms with E-state index in [1.54, 1.807) is 0 Å². The Bertz CT molecular complexity index is 783. The fourth-order valence-electron chi connectivity index (χ4n) is 4.27. The summed E-state index contributed by atoms with van der Waals surface area (Å²) < 4.78 is 2.00. The van der Waals surface area contributed by atoms with E-state index in [-0.39, 0.29) is 5.91 Å². The second-order valence-corrected chi connectivity index (χ2v) is 8.06. The molecule has 0 saturated heterocycles. The molecule has 28 heavy (non-hydrogen) atoms. The third-order valence-corrected chi connectivity index (χ3v) is 5.88. The van der Waals surface area contributed by atoms with Gasteiger partial charge in [0.1, 0.15) is 6.10 Å². The molecule has 4 rings (SSSR count). The summed E-state index contributed by atoms with van der Waals surface area (Å²) in [6, 6.07) is 12.4. The minimum absolute atomic E-state index is 0.171. The van der Waals surface area contributed by atoms with E-state index in [1.165, 1.54) is 12.8 Å². The molecule has 150 valence electrons. The molecular weight excluding hydrogens is 352 g/mol. The van der Waals surface area contributed by atoms with Gasteiger partial charge in [-0.2, -0.15) is 5.10 Å². The standard InChI is InChI=1S/C22H30N4O2/c27-21(14-17-6-2-1-3-7-17)20-15-19-16-25(12-13-26(19)24-20)11-10-22(28)23-18-8-4-5-9-18/h1-3,6-7,15,18,21,27H,4-5,8-14,16H2,(H,23,28)/t21-/m0/s1. The smallest absolute Gasteiger partial charge is 0.221 e. The fraction of sp³-hybridized carbons (Fsp3) is 0.545. The summed E-state index contributed by atoms with van der Waals surface area (Å²) >= 11 is 0. The molecule has 0 bridgehead atoms. The summed E-state index contributed by atoms with van der Waals surface area (Å²) in [4.78, 5) is 14.5. The Morgan fingerprint density at radius 3 is 2.79 bits per heavy atom. The highest BCUT2D eigenvalue weighted by Crippen LogP contribution is 2.21. The number of carbonyl (C=O) groups is 1. The van der Waals surface area contributed by atoms with E-state index in [1.807, 2.05) is 41.1 Å². The molecular formula is C22H30N4O2. The number of nitrogens with zero attached hydrogens (tertiary/aromatic N) is 3. The van der Waals surface area contributed by atoms with Crippen LogP contribution in [0.1, 0.15) is 55.2 Å². The van der Waals surface area contributed by atoms with Gasteiger partial charge < -0.3 is 10.4 Å². The van der Waals surface area contributed by atoms with Crippen molar-refractivity contribution in [1.82, 2.24) is 20.0 Å². The third-order valence-electron chi connectivity index (χ3n) is 5.88. The Balaban J connectivity index is 1.28. The van der Waals surface area contributed by atoms with Crippen LogP contribution in [-0.2, 0) is 24.3 Å². The number of aliphatic hydroxyl groups excluding tert-OH is 1. The molecule has 1 fully saturated rings. The molecule has 2 aliphatic rings. The van der Waals surface area contributed by atoms with Gasteiger partial charge in [-0.15, -0.1) is 0 Å². The van der Waals surface area contributed by atoms with Gasteiger partial charge in [0.25, 0.3) is 0 Å². The second kappa shape index (κ2) is 8.88. The van der Waals surface area contributed by atoms with Crippen molar-refractivity contribution in [3.8, 4) is 0 Å². The molecule has 0 unspecified atom stereocenters. The third kappa shape index (κ3) is 4.80. The molecule has 1 saturated carbocycles. The Hall–Kier alpha value is -2.18. The summed E-state index contributed by atoms with van der Waals surface area (Å²) in [5, 5.41) is 18.3. The first-order valence-electron chi connectivity index (χ1n) is 10.5. The first-order chi connectivity index (χ1) is 13.7. The second-order valence-electron chi connectivity index (χ2n) is 8.06. The van der Waals surface area contributed by atoms with E-state index in [0.29, 0.717) is 18.9 Å². The topological polar surface area (TPSA) is 70.4 Å². The van der Waals surface area contributed by atoms with Crippen LogP contribution in [0.2, 0.25) is 0 Å². The zero-order chi connectivity index (χ0) is 19.3. The Morgan fingerprint density at radius 1 is 1.21 bits per heavy atom. The molecule has 0 radical (unpaired) electrons. The lowest BCUT2D eigenvalue weighted by Crippen LogP contribution is -2.38. The van der Waals surface area contributed by atoms with Crippen molar-refractivity contribution in [2.24, 2.45) is 0 Å². The molecule has 6 heteroatoms. The van der Waals surface area contributed by atoms with E-state index >= 15 is 0 Å². The van der Waals surface area contributed by atoms with Crippen LogP contribution >= 0.6 is 0 Å². The highest BCUT2D eigenvalue weighted by Gasteiger charge is 2.22. The lowest BCUT2D eigenvalue weighted by molar-refractivity contribution is -0.122. The molecule has 1 aromatic carbocycles.